The molecule has 0 aliphatic carbocycles. The van der Waals surface area contributed by atoms with Gasteiger partial charge < -0.3 is 5.11 Å². The van der Waals surface area contributed by atoms with Crippen LogP contribution in [0.15, 0.2) is 48.0 Å². The van der Waals surface area contributed by atoms with Crippen LogP contribution in [0.5, 0.6) is 0 Å². The molecule has 3 aromatic rings. The fraction of sp³-hybridized carbons (Fsp3) is 0.188. The van der Waals surface area contributed by atoms with E-state index in [0.29, 0.717) is 17.9 Å². The molecule has 0 spiro atoms. The summed E-state index contributed by atoms with van der Waals surface area (Å²) in [6.45, 7) is 1.81. The summed E-state index contributed by atoms with van der Waals surface area (Å²) in [5.74, 6) is 0.663. The van der Waals surface area contributed by atoms with Crippen molar-refractivity contribution in [3.8, 4) is 11.3 Å². The zero-order chi connectivity index (χ0) is 14.7. The van der Waals surface area contributed by atoms with Crippen LogP contribution in [0.4, 0.5) is 0 Å². The van der Waals surface area contributed by atoms with E-state index >= 15 is 0 Å². The zero-order valence-corrected chi connectivity index (χ0v) is 12.4. The highest BCUT2D eigenvalue weighted by Gasteiger charge is 2.13. The molecule has 5 heteroatoms. The third-order valence-corrected chi connectivity index (χ3v) is 4.00. The van der Waals surface area contributed by atoms with Crippen molar-refractivity contribution in [3.63, 3.8) is 0 Å². The van der Waals surface area contributed by atoms with Gasteiger partial charge in [-0.15, -0.1) is 11.3 Å². The van der Waals surface area contributed by atoms with Gasteiger partial charge in [-0.2, -0.15) is 0 Å². The standard InChI is InChI=1S/C16H15N3OS/c1-11-17-8-7-13(18-11)15(20)9-16-19-14(10-21-16)12-5-3-2-4-6-12/h2-8,10,15,20H,9H2,1H3. The Morgan fingerprint density at radius 1 is 1.14 bits per heavy atom. The smallest absolute Gasteiger partial charge is 0.125 e. The highest BCUT2D eigenvalue weighted by molar-refractivity contribution is 7.09. The van der Waals surface area contributed by atoms with Gasteiger partial charge in [-0.25, -0.2) is 15.0 Å². The van der Waals surface area contributed by atoms with Crippen molar-refractivity contribution < 1.29 is 5.11 Å². The molecule has 2 aromatic heterocycles. The Labute approximate surface area is 127 Å². The van der Waals surface area contributed by atoms with Gasteiger partial charge in [0.25, 0.3) is 0 Å². The van der Waals surface area contributed by atoms with Gasteiger partial charge in [-0.05, 0) is 13.0 Å². The van der Waals surface area contributed by atoms with Crippen LogP contribution in [0.3, 0.4) is 0 Å². The van der Waals surface area contributed by atoms with Crippen molar-refractivity contribution in [1.82, 2.24) is 15.0 Å². The minimum absolute atomic E-state index is 0.466. The van der Waals surface area contributed by atoms with Gasteiger partial charge in [0, 0.05) is 23.6 Å². The van der Waals surface area contributed by atoms with Crippen LogP contribution in [0, 0.1) is 6.92 Å². The molecule has 4 nitrogen and oxygen atoms in total. The molecule has 2 heterocycles. The van der Waals surface area contributed by atoms with Crippen molar-refractivity contribution in [2.75, 3.05) is 0 Å². The highest BCUT2D eigenvalue weighted by Crippen LogP contribution is 2.24. The summed E-state index contributed by atoms with van der Waals surface area (Å²) in [5, 5.41) is 13.2. The van der Waals surface area contributed by atoms with E-state index in [9.17, 15) is 5.11 Å². The molecular weight excluding hydrogens is 282 g/mol. The molecule has 0 fully saturated rings. The second kappa shape index (κ2) is 6.11. The van der Waals surface area contributed by atoms with Crippen LogP contribution in [-0.2, 0) is 6.42 Å². The fourth-order valence-corrected chi connectivity index (χ4v) is 2.92. The number of thiazole rings is 1. The van der Waals surface area contributed by atoms with Gasteiger partial charge in [0.2, 0.25) is 0 Å². The monoisotopic (exact) mass is 297 g/mol. The number of rotatable bonds is 4. The van der Waals surface area contributed by atoms with Crippen LogP contribution < -0.4 is 0 Å². The number of nitrogens with zero attached hydrogens (tertiary/aromatic N) is 3. The third kappa shape index (κ3) is 3.32. The third-order valence-electron chi connectivity index (χ3n) is 3.13. The van der Waals surface area contributed by atoms with E-state index in [4.69, 9.17) is 0 Å². The van der Waals surface area contributed by atoms with E-state index < -0.39 is 6.10 Å². The predicted octanol–water partition coefficient (Wildman–Crippen LogP) is 3.18. The molecule has 1 unspecified atom stereocenters. The SMILES string of the molecule is Cc1nccc(C(O)Cc2nc(-c3ccccc3)cs2)n1. The normalized spacial score (nSPS) is 12.3. The van der Waals surface area contributed by atoms with Crippen LogP contribution in [-0.4, -0.2) is 20.1 Å². The zero-order valence-electron chi connectivity index (χ0n) is 11.6. The van der Waals surface area contributed by atoms with Crippen LogP contribution >= 0.6 is 11.3 Å². The lowest BCUT2D eigenvalue weighted by atomic mass is 10.1. The maximum Gasteiger partial charge on any atom is 0.125 e. The van der Waals surface area contributed by atoms with Crippen molar-refractivity contribution in [2.24, 2.45) is 0 Å². The Hall–Kier alpha value is -2.11. The molecule has 106 valence electrons. The second-order valence-electron chi connectivity index (χ2n) is 4.74. The Bertz CT molecular complexity index is 727. The first-order valence-electron chi connectivity index (χ1n) is 6.70. The number of aliphatic hydroxyl groups is 1. The first-order valence-corrected chi connectivity index (χ1v) is 7.58. The molecule has 3 rings (SSSR count). The molecule has 0 amide bonds. The maximum absolute atomic E-state index is 10.3. The van der Waals surface area contributed by atoms with Gasteiger partial charge >= 0.3 is 0 Å². The summed E-state index contributed by atoms with van der Waals surface area (Å²) >= 11 is 1.56. The van der Waals surface area contributed by atoms with Crippen molar-refractivity contribution >= 4 is 11.3 Å². The second-order valence-corrected chi connectivity index (χ2v) is 5.68. The quantitative estimate of drug-likeness (QED) is 0.803. The number of hydrogen-bond donors (Lipinski definition) is 1. The van der Waals surface area contributed by atoms with Crippen molar-refractivity contribution in [3.05, 3.63) is 64.5 Å². The van der Waals surface area contributed by atoms with Gasteiger partial charge in [0.05, 0.1) is 16.4 Å². The predicted molar refractivity (Wildman–Crippen MR) is 83.0 cm³/mol. The summed E-state index contributed by atoms with van der Waals surface area (Å²) in [7, 11) is 0. The largest absolute Gasteiger partial charge is 0.386 e. The first-order chi connectivity index (χ1) is 10.2. The van der Waals surface area contributed by atoms with E-state index in [0.717, 1.165) is 16.3 Å². The molecule has 0 saturated carbocycles. The fourth-order valence-electron chi connectivity index (χ4n) is 2.08. The van der Waals surface area contributed by atoms with Gasteiger partial charge in [0.15, 0.2) is 0 Å². The summed E-state index contributed by atoms with van der Waals surface area (Å²) < 4.78 is 0. The van der Waals surface area contributed by atoms with Crippen LogP contribution in [0.25, 0.3) is 11.3 Å². The van der Waals surface area contributed by atoms with E-state index in [1.54, 1.807) is 23.6 Å². The summed E-state index contributed by atoms with van der Waals surface area (Å²) in [5.41, 5.74) is 2.67. The minimum atomic E-state index is -0.651. The molecule has 0 aliphatic rings. The Morgan fingerprint density at radius 3 is 2.71 bits per heavy atom. The minimum Gasteiger partial charge on any atom is -0.386 e. The van der Waals surface area contributed by atoms with E-state index in [1.807, 2.05) is 42.6 Å². The van der Waals surface area contributed by atoms with E-state index in [-0.39, 0.29) is 0 Å². The van der Waals surface area contributed by atoms with E-state index in [1.165, 1.54) is 0 Å². The number of aromatic nitrogens is 3. The molecule has 0 bridgehead atoms. The van der Waals surface area contributed by atoms with Crippen molar-refractivity contribution in [1.29, 1.82) is 0 Å². The number of aliphatic hydroxyl groups excluding tert-OH is 1. The van der Waals surface area contributed by atoms with E-state index in [2.05, 4.69) is 15.0 Å². The molecule has 1 N–H and O–H groups in total. The first kappa shape index (κ1) is 13.9. The lowest BCUT2D eigenvalue weighted by Gasteiger charge is -2.08. The molecule has 0 radical (unpaired) electrons. The molecule has 1 atom stereocenters. The molecule has 0 aliphatic heterocycles. The summed E-state index contributed by atoms with van der Waals surface area (Å²) in [6.07, 6.45) is 1.48. The lowest BCUT2D eigenvalue weighted by Crippen LogP contribution is -2.05. The number of aryl methyl sites for hydroxylation is 1. The van der Waals surface area contributed by atoms with Gasteiger partial charge in [-0.1, -0.05) is 30.3 Å². The van der Waals surface area contributed by atoms with Gasteiger partial charge in [0.1, 0.15) is 11.9 Å². The molecule has 0 saturated heterocycles. The summed E-state index contributed by atoms with van der Waals surface area (Å²) in [4.78, 5) is 12.9. The maximum atomic E-state index is 10.3. The van der Waals surface area contributed by atoms with Gasteiger partial charge in [-0.3, -0.25) is 0 Å². The molecule has 21 heavy (non-hydrogen) atoms. The lowest BCUT2D eigenvalue weighted by molar-refractivity contribution is 0.173. The Morgan fingerprint density at radius 2 is 1.95 bits per heavy atom. The topological polar surface area (TPSA) is 58.9 Å². The number of hydrogen-bond acceptors (Lipinski definition) is 5. The summed E-state index contributed by atoms with van der Waals surface area (Å²) in [6, 6.07) is 11.8. The van der Waals surface area contributed by atoms with Crippen LogP contribution in [0.2, 0.25) is 0 Å². The average molecular weight is 297 g/mol. The molecule has 1 aromatic carbocycles. The highest BCUT2D eigenvalue weighted by atomic mass is 32.1. The van der Waals surface area contributed by atoms with Crippen LogP contribution in [0.1, 0.15) is 22.6 Å². The van der Waals surface area contributed by atoms with Crippen molar-refractivity contribution in [2.45, 2.75) is 19.4 Å². The number of benzene rings is 1. The average Bonchev–Trinajstić information content (AvgIpc) is 2.97. The Kier molecular flexibility index (Phi) is 4.03. The molecular formula is C16H15N3OS. The Balaban J connectivity index is 1.75.